The van der Waals surface area contributed by atoms with Gasteiger partial charge in [0.05, 0.1) is 6.61 Å². The van der Waals surface area contributed by atoms with E-state index in [-0.39, 0.29) is 5.91 Å². The number of carbonyl (C=O) groups is 1. The van der Waals surface area contributed by atoms with E-state index in [9.17, 15) is 4.79 Å². The second-order valence-electron chi connectivity index (χ2n) is 3.94. The van der Waals surface area contributed by atoms with Crippen molar-refractivity contribution < 1.29 is 14.6 Å². The molecule has 0 spiro atoms. The first-order valence-corrected chi connectivity index (χ1v) is 5.65. The first kappa shape index (κ1) is 13.5. The molecular weight excluding hydrogens is 218 g/mol. The van der Waals surface area contributed by atoms with E-state index in [1.54, 1.807) is 7.05 Å². The van der Waals surface area contributed by atoms with Gasteiger partial charge in [-0.15, -0.1) is 0 Å². The van der Waals surface area contributed by atoms with Crippen molar-refractivity contribution >= 4 is 5.91 Å². The molecule has 4 nitrogen and oxygen atoms in total. The molecule has 0 aliphatic carbocycles. The third-order valence-electron chi connectivity index (χ3n) is 2.52. The van der Waals surface area contributed by atoms with Gasteiger partial charge < -0.3 is 14.7 Å². The fraction of sp³-hybridized carbons (Fsp3) is 0.462. The molecule has 4 heteroatoms. The van der Waals surface area contributed by atoms with Gasteiger partial charge in [-0.05, 0) is 31.0 Å². The number of carbonyl (C=O) groups excluding carboxylic acids is 1. The van der Waals surface area contributed by atoms with Gasteiger partial charge in [-0.25, -0.2) is 0 Å². The van der Waals surface area contributed by atoms with Crippen molar-refractivity contribution in [3.8, 4) is 5.75 Å². The summed E-state index contributed by atoms with van der Waals surface area (Å²) in [7, 11) is 1.67. The largest absolute Gasteiger partial charge is 0.494 e. The predicted octanol–water partition coefficient (Wildman–Crippen LogP) is 1.34. The van der Waals surface area contributed by atoms with E-state index in [0.29, 0.717) is 13.2 Å². The fourth-order valence-corrected chi connectivity index (χ4v) is 1.61. The third-order valence-corrected chi connectivity index (χ3v) is 2.52. The summed E-state index contributed by atoms with van der Waals surface area (Å²) in [5.41, 5.74) is 2.07. The molecule has 0 unspecified atom stereocenters. The average Bonchev–Trinajstić information content (AvgIpc) is 2.31. The van der Waals surface area contributed by atoms with Crippen LogP contribution < -0.4 is 4.74 Å². The highest BCUT2D eigenvalue weighted by Gasteiger charge is 2.08. The average molecular weight is 237 g/mol. The lowest BCUT2D eigenvalue weighted by atomic mass is 10.1. The minimum atomic E-state index is -0.452. The van der Waals surface area contributed by atoms with Gasteiger partial charge in [0.1, 0.15) is 12.4 Å². The molecule has 0 aliphatic heterocycles. The maximum atomic E-state index is 11.2. The standard InChI is InChI=1S/C13H19NO3/c1-4-17-12-6-5-11(7-10(12)2)8-14(3)13(16)9-15/h5-7,15H,4,8-9H2,1-3H3. The highest BCUT2D eigenvalue weighted by atomic mass is 16.5. The molecule has 0 atom stereocenters. The maximum absolute atomic E-state index is 11.2. The normalized spacial score (nSPS) is 10.1. The van der Waals surface area contributed by atoms with Gasteiger partial charge in [0.15, 0.2) is 0 Å². The second-order valence-corrected chi connectivity index (χ2v) is 3.94. The summed E-state index contributed by atoms with van der Waals surface area (Å²) in [6.07, 6.45) is 0. The van der Waals surface area contributed by atoms with Crippen molar-refractivity contribution in [3.63, 3.8) is 0 Å². The molecule has 1 rings (SSSR count). The minimum Gasteiger partial charge on any atom is -0.494 e. The van der Waals surface area contributed by atoms with E-state index >= 15 is 0 Å². The second kappa shape index (κ2) is 6.25. The van der Waals surface area contributed by atoms with Crippen LogP contribution in [0.25, 0.3) is 0 Å². The predicted molar refractivity (Wildman–Crippen MR) is 65.9 cm³/mol. The summed E-state index contributed by atoms with van der Waals surface area (Å²) in [5.74, 6) is 0.587. The number of ether oxygens (including phenoxy) is 1. The Bertz CT molecular complexity index is 390. The molecule has 0 aliphatic rings. The molecule has 0 fully saturated rings. The summed E-state index contributed by atoms with van der Waals surface area (Å²) < 4.78 is 5.44. The Morgan fingerprint density at radius 2 is 2.18 bits per heavy atom. The smallest absolute Gasteiger partial charge is 0.248 e. The van der Waals surface area contributed by atoms with Crippen LogP contribution in [0.3, 0.4) is 0 Å². The highest BCUT2D eigenvalue weighted by molar-refractivity contribution is 5.76. The highest BCUT2D eigenvalue weighted by Crippen LogP contribution is 2.19. The first-order chi connectivity index (χ1) is 8.08. The van der Waals surface area contributed by atoms with Crippen LogP contribution in [-0.2, 0) is 11.3 Å². The molecule has 0 radical (unpaired) electrons. The van der Waals surface area contributed by atoms with Crippen LogP contribution in [0.4, 0.5) is 0 Å². The number of benzene rings is 1. The van der Waals surface area contributed by atoms with Crippen LogP contribution in [0.1, 0.15) is 18.1 Å². The van der Waals surface area contributed by atoms with Crippen molar-refractivity contribution in [1.29, 1.82) is 0 Å². The zero-order valence-electron chi connectivity index (χ0n) is 10.6. The van der Waals surface area contributed by atoms with Crippen LogP contribution in [-0.4, -0.2) is 36.2 Å². The quantitative estimate of drug-likeness (QED) is 0.841. The molecule has 1 amide bonds. The number of amides is 1. The van der Waals surface area contributed by atoms with Gasteiger partial charge in [-0.1, -0.05) is 12.1 Å². The molecule has 1 aromatic rings. The number of nitrogens with zero attached hydrogens (tertiary/aromatic N) is 1. The molecular formula is C13H19NO3. The maximum Gasteiger partial charge on any atom is 0.248 e. The Hall–Kier alpha value is -1.55. The van der Waals surface area contributed by atoms with Crippen molar-refractivity contribution in [1.82, 2.24) is 4.90 Å². The minimum absolute atomic E-state index is 0.281. The lowest BCUT2D eigenvalue weighted by Crippen LogP contribution is -2.28. The topological polar surface area (TPSA) is 49.8 Å². The Morgan fingerprint density at radius 1 is 1.47 bits per heavy atom. The van der Waals surface area contributed by atoms with Crippen LogP contribution in [0, 0.1) is 6.92 Å². The van der Waals surface area contributed by atoms with E-state index in [2.05, 4.69) is 0 Å². The Labute approximate surface area is 102 Å². The molecule has 0 aromatic heterocycles. The van der Waals surface area contributed by atoms with E-state index in [1.165, 1.54) is 4.90 Å². The Kier molecular flexibility index (Phi) is 4.97. The number of rotatable bonds is 5. The van der Waals surface area contributed by atoms with Gasteiger partial charge in [-0.2, -0.15) is 0 Å². The SMILES string of the molecule is CCOc1ccc(CN(C)C(=O)CO)cc1C. The molecule has 0 saturated heterocycles. The molecule has 0 heterocycles. The number of aliphatic hydroxyl groups excluding tert-OH is 1. The number of hydrogen-bond acceptors (Lipinski definition) is 3. The zero-order chi connectivity index (χ0) is 12.8. The van der Waals surface area contributed by atoms with Crippen molar-refractivity contribution in [3.05, 3.63) is 29.3 Å². The first-order valence-electron chi connectivity index (χ1n) is 5.65. The third kappa shape index (κ3) is 3.75. The number of aryl methyl sites for hydroxylation is 1. The van der Waals surface area contributed by atoms with E-state index in [1.807, 2.05) is 32.0 Å². The van der Waals surface area contributed by atoms with Crippen LogP contribution in [0.15, 0.2) is 18.2 Å². The van der Waals surface area contributed by atoms with Crippen LogP contribution >= 0.6 is 0 Å². The molecule has 1 aromatic carbocycles. The number of aliphatic hydroxyl groups is 1. The van der Waals surface area contributed by atoms with Gasteiger partial charge in [0.2, 0.25) is 5.91 Å². The van der Waals surface area contributed by atoms with Crippen LogP contribution in [0.2, 0.25) is 0 Å². The lowest BCUT2D eigenvalue weighted by Gasteiger charge is -2.17. The van der Waals surface area contributed by atoms with E-state index in [4.69, 9.17) is 9.84 Å². The summed E-state index contributed by atoms with van der Waals surface area (Å²) in [4.78, 5) is 12.7. The fourth-order valence-electron chi connectivity index (χ4n) is 1.61. The molecule has 17 heavy (non-hydrogen) atoms. The monoisotopic (exact) mass is 237 g/mol. The van der Waals surface area contributed by atoms with Gasteiger partial charge in [-0.3, -0.25) is 4.79 Å². The molecule has 0 bridgehead atoms. The summed E-state index contributed by atoms with van der Waals surface area (Å²) in [6.45, 7) is 4.60. The van der Waals surface area contributed by atoms with Gasteiger partial charge >= 0.3 is 0 Å². The van der Waals surface area contributed by atoms with Crippen molar-refractivity contribution in [2.24, 2.45) is 0 Å². The Balaban J connectivity index is 2.73. The lowest BCUT2D eigenvalue weighted by molar-refractivity contribution is -0.133. The summed E-state index contributed by atoms with van der Waals surface area (Å²) >= 11 is 0. The van der Waals surface area contributed by atoms with Crippen LogP contribution in [0.5, 0.6) is 5.75 Å². The summed E-state index contributed by atoms with van der Waals surface area (Å²) in [5, 5.41) is 8.74. The van der Waals surface area contributed by atoms with E-state index in [0.717, 1.165) is 16.9 Å². The molecule has 0 saturated carbocycles. The number of likely N-dealkylation sites (N-methyl/N-ethyl adjacent to an activating group) is 1. The number of hydrogen-bond donors (Lipinski definition) is 1. The van der Waals surface area contributed by atoms with Gasteiger partial charge in [0.25, 0.3) is 0 Å². The van der Waals surface area contributed by atoms with E-state index < -0.39 is 6.61 Å². The zero-order valence-corrected chi connectivity index (χ0v) is 10.6. The van der Waals surface area contributed by atoms with Crippen molar-refractivity contribution in [2.75, 3.05) is 20.3 Å². The molecule has 1 N–H and O–H groups in total. The van der Waals surface area contributed by atoms with Crippen molar-refractivity contribution in [2.45, 2.75) is 20.4 Å². The Morgan fingerprint density at radius 3 is 2.71 bits per heavy atom. The molecule has 94 valence electrons. The van der Waals surface area contributed by atoms with Gasteiger partial charge in [0, 0.05) is 13.6 Å². The summed E-state index contributed by atoms with van der Waals surface area (Å²) in [6, 6.07) is 5.83.